The summed E-state index contributed by atoms with van der Waals surface area (Å²) in [4.78, 5) is 0. The van der Waals surface area contributed by atoms with E-state index in [2.05, 4.69) is 15.9 Å². The van der Waals surface area contributed by atoms with Gasteiger partial charge in [0.2, 0.25) is 0 Å². The van der Waals surface area contributed by atoms with Gasteiger partial charge >= 0.3 is 6.18 Å². The molecule has 0 aliphatic carbocycles. The van der Waals surface area contributed by atoms with E-state index < -0.39 is 11.7 Å². The maximum atomic E-state index is 12.8. The Kier molecular flexibility index (Phi) is 4.70. The van der Waals surface area contributed by atoms with Gasteiger partial charge in [-0.1, -0.05) is 46.3 Å². The lowest BCUT2D eigenvalue weighted by atomic mass is 10.1. The fourth-order valence-electron chi connectivity index (χ4n) is 1.73. The number of halogens is 4. The molecule has 1 nitrogen and oxygen atoms in total. The monoisotopic (exact) mass is 344 g/mol. The lowest BCUT2D eigenvalue weighted by Gasteiger charge is -2.12. The van der Waals surface area contributed by atoms with Crippen molar-refractivity contribution >= 4 is 15.9 Å². The molecule has 0 saturated carbocycles. The Balaban J connectivity index is 2.19. The molecule has 0 aliphatic rings. The van der Waals surface area contributed by atoms with Crippen LogP contribution in [0.1, 0.15) is 16.7 Å². The fourth-order valence-corrected chi connectivity index (χ4v) is 2.05. The van der Waals surface area contributed by atoms with E-state index >= 15 is 0 Å². The Morgan fingerprint density at radius 2 is 1.65 bits per heavy atom. The highest BCUT2D eigenvalue weighted by Crippen LogP contribution is 2.33. The van der Waals surface area contributed by atoms with Crippen molar-refractivity contribution in [2.45, 2.75) is 18.1 Å². The highest BCUT2D eigenvalue weighted by Gasteiger charge is 2.31. The van der Waals surface area contributed by atoms with Crippen molar-refractivity contribution < 1.29 is 17.9 Å². The average Bonchev–Trinajstić information content (AvgIpc) is 2.45. The third-order valence-electron chi connectivity index (χ3n) is 2.70. The zero-order valence-electron chi connectivity index (χ0n) is 10.5. The van der Waals surface area contributed by atoms with Gasteiger partial charge in [-0.2, -0.15) is 13.2 Å². The van der Waals surface area contributed by atoms with Crippen LogP contribution in [0.2, 0.25) is 0 Å². The maximum Gasteiger partial charge on any atom is 0.416 e. The molecule has 0 aliphatic heterocycles. The van der Waals surface area contributed by atoms with Crippen molar-refractivity contribution in [3.63, 3.8) is 0 Å². The molecule has 0 unspecified atom stereocenters. The minimum atomic E-state index is -4.37. The first-order valence-electron chi connectivity index (χ1n) is 5.93. The predicted octanol–water partition coefficient (Wildman–Crippen LogP) is 5.18. The van der Waals surface area contributed by atoms with Crippen LogP contribution in [0.15, 0.2) is 48.5 Å². The van der Waals surface area contributed by atoms with E-state index in [1.165, 1.54) is 0 Å². The van der Waals surface area contributed by atoms with Crippen molar-refractivity contribution in [1.82, 2.24) is 0 Å². The fraction of sp³-hybridized carbons (Fsp3) is 0.200. The molecule has 0 aromatic heterocycles. The van der Waals surface area contributed by atoms with Crippen molar-refractivity contribution in [1.29, 1.82) is 0 Å². The zero-order chi connectivity index (χ0) is 14.6. The Bertz CT molecular complexity index is 567. The third-order valence-corrected chi connectivity index (χ3v) is 3.34. The Hall–Kier alpha value is -1.49. The molecule has 0 bridgehead atoms. The molecule has 20 heavy (non-hydrogen) atoms. The summed E-state index contributed by atoms with van der Waals surface area (Å²) in [6.45, 7) is 0.240. The second-order valence-corrected chi connectivity index (χ2v) is 4.83. The summed E-state index contributed by atoms with van der Waals surface area (Å²) in [5, 5.41) is 0.346. The standard InChI is InChI=1S/C15H12BrF3O/c16-9-12-6-13(15(17,18)19)8-14(7-12)20-10-11-4-2-1-3-5-11/h1-8H,9-10H2. The normalized spacial score (nSPS) is 11.4. The highest BCUT2D eigenvalue weighted by atomic mass is 79.9. The molecule has 0 atom stereocenters. The van der Waals surface area contributed by atoms with Gasteiger partial charge in [0.1, 0.15) is 12.4 Å². The number of hydrogen-bond donors (Lipinski definition) is 0. The Morgan fingerprint density at radius 3 is 2.25 bits per heavy atom. The Labute approximate surface area is 123 Å². The minimum absolute atomic E-state index is 0.220. The highest BCUT2D eigenvalue weighted by molar-refractivity contribution is 9.08. The molecule has 0 heterocycles. The predicted molar refractivity (Wildman–Crippen MR) is 74.8 cm³/mol. The summed E-state index contributed by atoms with van der Waals surface area (Å²) >= 11 is 3.17. The first kappa shape index (κ1) is 14.9. The van der Waals surface area contributed by atoms with Crippen LogP contribution in [0.25, 0.3) is 0 Å². The largest absolute Gasteiger partial charge is 0.489 e. The summed E-state index contributed by atoms with van der Waals surface area (Å²) < 4.78 is 43.8. The van der Waals surface area contributed by atoms with Gasteiger partial charge in [0.25, 0.3) is 0 Å². The average molecular weight is 345 g/mol. The van der Waals surface area contributed by atoms with Crippen molar-refractivity contribution in [2.75, 3.05) is 0 Å². The van der Waals surface area contributed by atoms with Crippen LogP contribution in [-0.2, 0) is 18.1 Å². The van der Waals surface area contributed by atoms with Gasteiger partial charge in [0.05, 0.1) is 5.56 Å². The first-order chi connectivity index (χ1) is 9.49. The third kappa shape index (κ3) is 4.00. The number of rotatable bonds is 4. The lowest BCUT2D eigenvalue weighted by molar-refractivity contribution is -0.137. The minimum Gasteiger partial charge on any atom is -0.489 e. The van der Waals surface area contributed by atoms with E-state index in [1.807, 2.05) is 30.3 Å². The van der Waals surface area contributed by atoms with Crippen LogP contribution in [0.3, 0.4) is 0 Å². The van der Waals surface area contributed by atoms with E-state index in [4.69, 9.17) is 4.74 Å². The van der Waals surface area contributed by atoms with E-state index in [0.29, 0.717) is 10.9 Å². The summed E-state index contributed by atoms with van der Waals surface area (Å²) in [6.07, 6.45) is -4.37. The molecule has 2 aromatic rings. The summed E-state index contributed by atoms with van der Waals surface area (Å²) in [6, 6.07) is 13.0. The SMILES string of the molecule is FC(F)(F)c1cc(CBr)cc(OCc2ccccc2)c1. The smallest absolute Gasteiger partial charge is 0.416 e. The molecule has 106 valence electrons. The van der Waals surface area contributed by atoms with Crippen LogP contribution in [0.5, 0.6) is 5.75 Å². The molecule has 2 rings (SSSR count). The summed E-state index contributed by atoms with van der Waals surface area (Å²) in [5.41, 5.74) is 0.741. The van der Waals surface area contributed by atoms with E-state index in [1.54, 1.807) is 6.07 Å². The maximum absolute atomic E-state index is 12.8. The van der Waals surface area contributed by atoms with E-state index in [0.717, 1.165) is 17.7 Å². The zero-order valence-corrected chi connectivity index (χ0v) is 12.0. The molecule has 2 aromatic carbocycles. The second kappa shape index (κ2) is 6.31. The van der Waals surface area contributed by atoms with Crippen molar-refractivity contribution in [3.8, 4) is 5.75 Å². The van der Waals surface area contributed by atoms with Gasteiger partial charge in [-0.25, -0.2) is 0 Å². The molecule has 0 radical (unpaired) electrons. The van der Waals surface area contributed by atoms with Crippen LogP contribution in [-0.4, -0.2) is 0 Å². The van der Waals surface area contributed by atoms with Gasteiger partial charge in [-0.05, 0) is 29.3 Å². The lowest BCUT2D eigenvalue weighted by Crippen LogP contribution is -2.06. The van der Waals surface area contributed by atoms with Crippen molar-refractivity contribution in [2.24, 2.45) is 0 Å². The molecule has 0 fully saturated rings. The number of hydrogen-bond acceptors (Lipinski definition) is 1. The van der Waals surface area contributed by atoms with Crippen molar-refractivity contribution in [3.05, 3.63) is 65.2 Å². The van der Waals surface area contributed by atoms with E-state index in [9.17, 15) is 13.2 Å². The first-order valence-corrected chi connectivity index (χ1v) is 7.05. The van der Waals surface area contributed by atoms with Crippen LogP contribution in [0.4, 0.5) is 13.2 Å². The van der Waals surface area contributed by atoms with Crippen LogP contribution >= 0.6 is 15.9 Å². The van der Waals surface area contributed by atoms with Gasteiger partial charge in [-0.3, -0.25) is 0 Å². The van der Waals surface area contributed by atoms with Gasteiger partial charge in [0, 0.05) is 5.33 Å². The number of alkyl halides is 4. The second-order valence-electron chi connectivity index (χ2n) is 4.27. The summed E-state index contributed by atoms with van der Waals surface area (Å²) in [5.74, 6) is 0.220. The Morgan fingerprint density at radius 1 is 0.950 bits per heavy atom. The van der Waals surface area contributed by atoms with Crippen LogP contribution in [0, 0.1) is 0 Å². The summed E-state index contributed by atoms with van der Waals surface area (Å²) in [7, 11) is 0. The van der Waals surface area contributed by atoms with Gasteiger partial charge < -0.3 is 4.74 Å². The topological polar surface area (TPSA) is 9.23 Å². The van der Waals surface area contributed by atoms with Crippen LogP contribution < -0.4 is 4.74 Å². The molecule has 0 spiro atoms. The molecule has 0 N–H and O–H groups in total. The molecular formula is C15H12BrF3O. The molecular weight excluding hydrogens is 333 g/mol. The van der Waals surface area contributed by atoms with Gasteiger partial charge in [0.15, 0.2) is 0 Å². The molecule has 0 amide bonds. The number of ether oxygens (including phenoxy) is 1. The number of benzene rings is 2. The molecule has 0 saturated heterocycles. The van der Waals surface area contributed by atoms with E-state index in [-0.39, 0.29) is 12.4 Å². The molecule has 5 heteroatoms. The quantitative estimate of drug-likeness (QED) is 0.694. The van der Waals surface area contributed by atoms with Gasteiger partial charge in [-0.15, -0.1) is 0 Å².